The molecule has 0 saturated carbocycles. The monoisotopic (exact) mass is 392 g/mol. The molecule has 2 aliphatic rings. The van der Waals surface area contributed by atoms with Crippen LogP contribution in [0.2, 0.25) is 0 Å². The second-order valence-electron chi connectivity index (χ2n) is 6.69. The number of amides is 1. The number of nitrogens with zero attached hydrogens (tertiary/aromatic N) is 2. The van der Waals surface area contributed by atoms with Gasteiger partial charge in [0.05, 0.1) is 5.56 Å². The van der Waals surface area contributed by atoms with Crippen LogP contribution < -0.4 is 14.4 Å². The molecule has 0 atom stereocenters. The summed E-state index contributed by atoms with van der Waals surface area (Å²) in [7, 11) is 0. The smallest absolute Gasteiger partial charge is 0.416 e. The number of halogens is 3. The number of carbonyl (C=O) groups is 1. The van der Waals surface area contributed by atoms with Gasteiger partial charge in [-0.1, -0.05) is 6.07 Å². The molecule has 148 valence electrons. The minimum atomic E-state index is -4.37. The molecule has 0 unspecified atom stereocenters. The number of hydrogen-bond donors (Lipinski definition) is 0. The van der Waals surface area contributed by atoms with Crippen molar-refractivity contribution in [1.82, 2.24) is 4.90 Å². The van der Waals surface area contributed by atoms with E-state index in [1.807, 2.05) is 4.90 Å². The number of hydrogen-bond acceptors (Lipinski definition) is 4. The summed E-state index contributed by atoms with van der Waals surface area (Å²) in [6.45, 7) is 2.74. The second kappa shape index (κ2) is 7.26. The molecule has 28 heavy (non-hydrogen) atoms. The van der Waals surface area contributed by atoms with E-state index in [1.54, 1.807) is 29.2 Å². The van der Waals surface area contributed by atoms with Gasteiger partial charge in [0.2, 0.25) is 0 Å². The number of alkyl halides is 3. The largest absolute Gasteiger partial charge is 0.486 e. The van der Waals surface area contributed by atoms with E-state index in [9.17, 15) is 18.0 Å². The highest BCUT2D eigenvalue weighted by Gasteiger charge is 2.31. The molecule has 1 amide bonds. The Morgan fingerprint density at radius 1 is 0.893 bits per heavy atom. The predicted octanol–water partition coefficient (Wildman–Crippen LogP) is 3.44. The number of piperazine rings is 1. The van der Waals surface area contributed by atoms with Gasteiger partial charge in [-0.25, -0.2) is 0 Å². The highest BCUT2D eigenvalue weighted by Crippen LogP contribution is 2.33. The molecule has 8 heteroatoms. The third-order valence-corrected chi connectivity index (χ3v) is 4.89. The molecule has 2 aliphatic heterocycles. The van der Waals surface area contributed by atoms with Crippen LogP contribution in [0.1, 0.15) is 15.9 Å². The third-order valence-electron chi connectivity index (χ3n) is 4.89. The van der Waals surface area contributed by atoms with Crippen molar-refractivity contribution < 1.29 is 27.4 Å². The van der Waals surface area contributed by atoms with E-state index >= 15 is 0 Å². The molecule has 1 fully saturated rings. The quantitative estimate of drug-likeness (QED) is 0.785. The van der Waals surface area contributed by atoms with E-state index in [4.69, 9.17) is 9.47 Å². The van der Waals surface area contributed by atoms with Gasteiger partial charge in [0.1, 0.15) is 13.2 Å². The summed E-state index contributed by atoms with van der Waals surface area (Å²) < 4.78 is 49.7. The lowest BCUT2D eigenvalue weighted by atomic mass is 10.1. The summed E-state index contributed by atoms with van der Waals surface area (Å²) in [4.78, 5) is 16.3. The number of carbonyl (C=O) groups excluding carboxylic acids is 1. The zero-order valence-corrected chi connectivity index (χ0v) is 15.0. The van der Waals surface area contributed by atoms with Crippen molar-refractivity contribution in [2.45, 2.75) is 6.18 Å². The fourth-order valence-electron chi connectivity index (χ4n) is 3.41. The maximum Gasteiger partial charge on any atom is 0.416 e. The van der Waals surface area contributed by atoms with E-state index in [-0.39, 0.29) is 5.91 Å². The Labute approximate surface area is 160 Å². The Kier molecular flexibility index (Phi) is 4.78. The van der Waals surface area contributed by atoms with Gasteiger partial charge >= 0.3 is 6.18 Å². The second-order valence-corrected chi connectivity index (χ2v) is 6.69. The van der Waals surface area contributed by atoms with Crippen molar-refractivity contribution in [3.05, 3.63) is 53.6 Å². The van der Waals surface area contributed by atoms with Crippen LogP contribution in [0.4, 0.5) is 18.9 Å². The number of ether oxygens (including phenoxy) is 2. The first-order valence-electron chi connectivity index (χ1n) is 9.03. The summed E-state index contributed by atoms with van der Waals surface area (Å²) in [5, 5.41) is 0. The van der Waals surface area contributed by atoms with Crippen LogP contribution in [-0.2, 0) is 6.18 Å². The van der Waals surface area contributed by atoms with E-state index in [2.05, 4.69) is 0 Å². The minimum absolute atomic E-state index is 0.124. The number of anilines is 1. The van der Waals surface area contributed by atoms with Crippen molar-refractivity contribution >= 4 is 11.6 Å². The maximum atomic E-state index is 12.9. The number of benzene rings is 2. The molecule has 0 aliphatic carbocycles. The molecular formula is C20H19F3N2O3. The molecule has 0 bridgehead atoms. The third kappa shape index (κ3) is 3.72. The molecule has 0 radical (unpaired) electrons. The molecule has 1 saturated heterocycles. The zero-order chi connectivity index (χ0) is 19.7. The van der Waals surface area contributed by atoms with Gasteiger partial charge in [-0.2, -0.15) is 13.2 Å². The van der Waals surface area contributed by atoms with Crippen LogP contribution in [0.3, 0.4) is 0 Å². The first kappa shape index (κ1) is 18.5. The first-order valence-corrected chi connectivity index (χ1v) is 9.03. The van der Waals surface area contributed by atoms with Crippen LogP contribution in [0.5, 0.6) is 11.5 Å². The van der Waals surface area contributed by atoms with Crippen molar-refractivity contribution in [1.29, 1.82) is 0 Å². The number of rotatable bonds is 2. The molecule has 0 N–H and O–H groups in total. The minimum Gasteiger partial charge on any atom is -0.486 e. The lowest BCUT2D eigenvalue weighted by Crippen LogP contribution is -2.48. The fraction of sp³-hybridized carbons (Fsp3) is 0.350. The van der Waals surface area contributed by atoms with Gasteiger partial charge in [0.25, 0.3) is 5.91 Å². The fourth-order valence-corrected chi connectivity index (χ4v) is 3.41. The van der Waals surface area contributed by atoms with E-state index in [1.165, 1.54) is 6.07 Å². The lowest BCUT2D eigenvalue weighted by Gasteiger charge is -2.36. The summed E-state index contributed by atoms with van der Waals surface area (Å²) in [5.74, 6) is 1.05. The standard InChI is InChI=1S/C20H19F3N2O3/c21-20(22,23)15-2-1-3-16(13-15)24-6-8-25(9-7-24)19(26)14-4-5-17-18(12-14)28-11-10-27-17/h1-5,12-13H,6-11H2. The summed E-state index contributed by atoms with van der Waals surface area (Å²) >= 11 is 0. The highest BCUT2D eigenvalue weighted by atomic mass is 19.4. The van der Waals surface area contributed by atoms with Gasteiger partial charge in [0, 0.05) is 37.4 Å². The first-order chi connectivity index (χ1) is 13.4. The summed E-state index contributed by atoms with van der Waals surface area (Å²) in [5.41, 5.74) is 0.359. The Balaban J connectivity index is 1.42. The molecule has 2 aromatic rings. The topological polar surface area (TPSA) is 42.0 Å². The molecular weight excluding hydrogens is 373 g/mol. The van der Waals surface area contributed by atoms with Gasteiger partial charge in [-0.15, -0.1) is 0 Å². The summed E-state index contributed by atoms with van der Waals surface area (Å²) in [6, 6.07) is 10.4. The molecule has 4 rings (SSSR count). The Morgan fingerprint density at radius 2 is 1.61 bits per heavy atom. The van der Waals surface area contributed by atoms with Crippen molar-refractivity contribution in [2.75, 3.05) is 44.3 Å². The van der Waals surface area contributed by atoms with Gasteiger partial charge < -0.3 is 19.3 Å². The van der Waals surface area contributed by atoms with Crippen molar-refractivity contribution in [2.24, 2.45) is 0 Å². The summed E-state index contributed by atoms with van der Waals surface area (Å²) in [6.07, 6.45) is -4.37. The Morgan fingerprint density at radius 3 is 2.32 bits per heavy atom. The van der Waals surface area contributed by atoms with Crippen LogP contribution in [0.25, 0.3) is 0 Å². The zero-order valence-electron chi connectivity index (χ0n) is 15.0. The van der Waals surface area contributed by atoms with Gasteiger partial charge in [0.15, 0.2) is 11.5 Å². The molecule has 5 nitrogen and oxygen atoms in total. The Bertz CT molecular complexity index is 877. The van der Waals surface area contributed by atoms with Crippen molar-refractivity contribution in [3.8, 4) is 11.5 Å². The SMILES string of the molecule is O=C(c1ccc2c(c1)OCCO2)N1CCN(c2cccc(C(F)(F)F)c2)CC1. The van der Waals surface area contributed by atoms with Crippen molar-refractivity contribution in [3.63, 3.8) is 0 Å². The van der Waals surface area contributed by atoms with E-state index < -0.39 is 11.7 Å². The van der Waals surface area contributed by atoms with Gasteiger partial charge in [-0.3, -0.25) is 4.79 Å². The average molecular weight is 392 g/mol. The van der Waals surface area contributed by atoms with E-state index in [0.717, 1.165) is 12.1 Å². The molecule has 0 aromatic heterocycles. The number of fused-ring (bicyclic) bond motifs is 1. The predicted molar refractivity (Wildman–Crippen MR) is 97.0 cm³/mol. The van der Waals surface area contributed by atoms with Crippen LogP contribution >= 0.6 is 0 Å². The average Bonchev–Trinajstić information content (AvgIpc) is 2.72. The van der Waals surface area contributed by atoms with Crippen LogP contribution in [-0.4, -0.2) is 50.2 Å². The van der Waals surface area contributed by atoms with E-state index in [0.29, 0.717) is 62.1 Å². The maximum absolute atomic E-state index is 12.9. The highest BCUT2D eigenvalue weighted by molar-refractivity contribution is 5.95. The van der Waals surface area contributed by atoms with Crippen LogP contribution in [0, 0.1) is 0 Å². The molecule has 0 spiro atoms. The normalized spacial score (nSPS) is 16.8. The Hall–Kier alpha value is -2.90. The van der Waals surface area contributed by atoms with Crippen LogP contribution in [0.15, 0.2) is 42.5 Å². The van der Waals surface area contributed by atoms with Gasteiger partial charge in [-0.05, 0) is 36.4 Å². The lowest BCUT2D eigenvalue weighted by molar-refractivity contribution is -0.137. The molecule has 2 heterocycles. The molecule has 2 aromatic carbocycles.